The van der Waals surface area contributed by atoms with E-state index in [1.807, 2.05) is 78.9 Å². The smallest absolute Gasteiger partial charge is 0.193 e. The van der Waals surface area contributed by atoms with Gasteiger partial charge in [0.2, 0.25) is 0 Å². The number of rotatable bonds is 2. The normalized spacial score (nSPS) is 14.2. The third kappa shape index (κ3) is 2.90. The van der Waals surface area contributed by atoms with Crippen LogP contribution in [0.1, 0.15) is 32.6 Å². The summed E-state index contributed by atoms with van der Waals surface area (Å²) in [4.78, 5) is 13.3. The molecule has 0 saturated heterocycles. The molecule has 1 aliphatic rings. The Morgan fingerprint density at radius 3 is 1.70 bits per heavy atom. The molecule has 2 nitrogen and oxygen atoms in total. The highest BCUT2D eigenvalue weighted by Crippen LogP contribution is 2.48. The van der Waals surface area contributed by atoms with E-state index in [4.69, 9.17) is 0 Å². The summed E-state index contributed by atoms with van der Waals surface area (Å²) in [6.07, 6.45) is 0. The van der Waals surface area contributed by atoms with Crippen molar-refractivity contribution in [3.8, 4) is 11.1 Å². The molecular weight excluding hydrogens is 504 g/mol. The zero-order valence-corrected chi connectivity index (χ0v) is 18.9. The number of halogens is 2. The average molecular weight is 520 g/mol. The second-order valence-electron chi connectivity index (χ2n) is 7.33. The number of benzene rings is 4. The number of carbonyl (C=O) groups excluding carboxylic acids is 1. The van der Waals surface area contributed by atoms with Gasteiger partial charge >= 0.3 is 0 Å². The third-order valence-electron chi connectivity index (χ3n) is 5.63. The van der Waals surface area contributed by atoms with Crippen LogP contribution in [0.25, 0.3) is 11.1 Å². The summed E-state index contributed by atoms with van der Waals surface area (Å²) in [7, 11) is 0. The Morgan fingerprint density at radius 2 is 1.10 bits per heavy atom. The number of aliphatic hydroxyl groups is 1. The Morgan fingerprint density at radius 1 is 0.600 bits per heavy atom. The lowest BCUT2D eigenvalue weighted by Gasteiger charge is -2.37. The molecule has 1 aliphatic carbocycles. The van der Waals surface area contributed by atoms with Crippen molar-refractivity contribution in [1.82, 2.24) is 0 Å². The lowest BCUT2D eigenvalue weighted by Crippen LogP contribution is -2.37. The molecule has 0 spiro atoms. The molecule has 0 aromatic heterocycles. The van der Waals surface area contributed by atoms with Crippen LogP contribution in [0.3, 0.4) is 0 Å². The minimum atomic E-state index is -1.47. The summed E-state index contributed by atoms with van der Waals surface area (Å²) in [5, 5.41) is 12.4. The van der Waals surface area contributed by atoms with Crippen molar-refractivity contribution in [3.05, 3.63) is 128 Å². The quantitative estimate of drug-likeness (QED) is 0.319. The van der Waals surface area contributed by atoms with Gasteiger partial charge in [-0.15, -0.1) is 0 Å². The Kier molecular flexibility index (Phi) is 4.73. The van der Waals surface area contributed by atoms with E-state index in [0.29, 0.717) is 22.3 Å². The standard InChI is InChI=1S/C26H16Br2O2/c27-17-10-12-23-20(14-17)25(29)21-15-18(28)11-13-24(21)26(23,30)22-9-5-4-8-19(22)16-6-2-1-3-7-16/h1-15,30H. The van der Waals surface area contributed by atoms with Gasteiger partial charge in [-0.1, -0.05) is 98.6 Å². The molecule has 146 valence electrons. The van der Waals surface area contributed by atoms with Gasteiger partial charge < -0.3 is 5.11 Å². The van der Waals surface area contributed by atoms with Gasteiger partial charge in [-0.2, -0.15) is 0 Å². The molecule has 4 aromatic rings. The van der Waals surface area contributed by atoms with Crippen molar-refractivity contribution in [2.45, 2.75) is 5.60 Å². The summed E-state index contributed by atoms with van der Waals surface area (Å²) >= 11 is 6.95. The summed E-state index contributed by atoms with van der Waals surface area (Å²) in [6, 6.07) is 28.8. The summed E-state index contributed by atoms with van der Waals surface area (Å²) in [5.41, 5.74) is 3.40. The molecule has 4 heteroatoms. The summed E-state index contributed by atoms with van der Waals surface area (Å²) < 4.78 is 1.60. The van der Waals surface area contributed by atoms with Crippen LogP contribution in [0.2, 0.25) is 0 Å². The minimum absolute atomic E-state index is 0.0931. The van der Waals surface area contributed by atoms with Gasteiger partial charge in [0.05, 0.1) is 0 Å². The van der Waals surface area contributed by atoms with E-state index in [-0.39, 0.29) is 5.78 Å². The first-order valence-electron chi connectivity index (χ1n) is 9.52. The molecule has 0 radical (unpaired) electrons. The van der Waals surface area contributed by atoms with E-state index in [0.717, 1.165) is 25.6 Å². The van der Waals surface area contributed by atoms with Crippen LogP contribution >= 0.6 is 31.9 Å². The first-order valence-corrected chi connectivity index (χ1v) is 11.1. The highest BCUT2D eigenvalue weighted by Gasteiger charge is 2.44. The van der Waals surface area contributed by atoms with E-state index in [1.165, 1.54) is 0 Å². The van der Waals surface area contributed by atoms with Gasteiger partial charge in [-0.25, -0.2) is 0 Å². The van der Waals surface area contributed by atoms with E-state index < -0.39 is 5.60 Å². The highest BCUT2D eigenvalue weighted by atomic mass is 79.9. The van der Waals surface area contributed by atoms with Gasteiger partial charge in [-0.05, 0) is 35.4 Å². The first-order chi connectivity index (χ1) is 14.5. The molecule has 0 aliphatic heterocycles. The zero-order chi connectivity index (χ0) is 20.9. The highest BCUT2D eigenvalue weighted by molar-refractivity contribution is 9.10. The topological polar surface area (TPSA) is 37.3 Å². The van der Waals surface area contributed by atoms with Gasteiger partial charge in [0.15, 0.2) is 5.78 Å². The molecule has 0 atom stereocenters. The Bertz CT molecular complexity index is 1240. The van der Waals surface area contributed by atoms with Crippen molar-refractivity contribution in [2.24, 2.45) is 0 Å². The van der Waals surface area contributed by atoms with E-state index in [9.17, 15) is 9.90 Å². The molecule has 0 amide bonds. The Balaban J connectivity index is 1.88. The van der Waals surface area contributed by atoms with Crippen LogP contribution in [0.5, 0.6) is 0 Å². The molecule has 5 rings (SSSR count). The fourth-order valence-corrected chi connectivity index (χ4v) is 5.01. The zero-order valence-electron chi connectivity index (χ0n) is 15.8. The predicted octanol–water partition coefficient (Wildman–Crippen LogP) is 6.71. The van der Waals surface area contributed by atoms with Crippen LogP contribution in [0.4, 0.5) is 0 Å². The van der Waals surface area contributed by atoms with Crippen molar-refractivity contribution >= 4 is 37.6 Å². The lowest BCUT2D eigenvalue weighted by molar-refractivity contribution is 0.0950. The SMILES string of the molecule is O=C1c2cc(Br)ccc2C(O)(c2ccccc2-c2ccccc2)c2ccc(Br)cc21. The van der Waals surface area contributed by atoms with Gasteiger partial charge in [0, 0.05) is 36.8 Å². The fraction of sp³-hybridized carbons (Fsp3) is 0.0385. The summed E-state index contributed by atoms with van der Waals surface area (Å²) in [5.74, 6) is -0.0931. The molecule has 4 aromatic carbocycles. The predicted molar refractivity (Wildman–Crippen MR) is 126 cm³/mol. The number of hydrogen-bond acceptors (Lipinski definition) is 2. The van der Waals surface area contributed by atoms with E-state index >= 15 is 0 Å². The number of carbonyl (C=O) groups is 1. The van der Waals surface area contributed by atoms with E-state index in [2.05, 4.69) is 31.9 Å². The maximum atomic E-state index is 13.3. The van der Waals surface area contributed by atoms with Crippen molar-refractivity contribution in [2.75, 3.05) is 0 Å². The second-order valence-corrected chi connectivity index (χ2v) is 9.16. The lowest BCUT2D eigenvalue weighted by atomic mass is 9.69. The van der Waals surface area contributed by atoms with Crippen LogP contribution in [0.15, 0.2) is 99.9 Å². The van der Waals surface area contributed by atoms with Gasteiger partial charge in [0.25, 0.3) is 0 Å². The maximum absolute atomic E-state index is 13.3. The minimum Gasteiger partial charge on any atom is -0.376 e. The van der Waals surface area contributed by atoms with Crippen LogP contribution in [0, 0.1) is 0 Å². The number of ketones is 1. The largest absolute Gasteiger partial charge is 0.376 e. The molecule has 0 unspecified atom stereocenters. The molecule has 0 heterocycles. The molecular formula is C26H16Br2O2. The maximum Gasteiger partial charge on any atom is 0.193 e. The number of fused-ring (bicyclic) bond motifs is 2. The molecule has 0 bridgehead atoms. The fourth-order valence-electron chi connectivity index (χ4n) is 4.29. The third-order valence-corrected chi connectivity index (χ3v) is 6.62. The van der Waals surface area contributed by atoms with Crippen LogP contribution in [-0.4, -0.2) is 10.9 Å². The molecule has 0 saturated carbocycles. The second kappa shape index (κ2) is 7.31. The van der Waals surface area contributed by atoms with E-state index in [1.54, 1.807) is 12.1 Å². The van der Waals surface area contributed by atoms with Gasteiger partial charge in [0.1, 0.15) is 5.60 Å². The van der Waals surface area contributed by atoms with Crippen molar-refractivity contribution in [3.63, 3.8) is 0 Å². The average Bonchev–Trinajstić information content (AvgIpc) is 2.78. The molecule has 30 heavy (non-hydrogen) atoms. The Hall–Kier alpha value is -2.53. The van der Waals surface area contributed by atoms with Crippen molar-refractivity contribution < 1.29 is 9.90 Å². The monoisotopic (exact) mass is 518 g/mol. The molecule has 0 fully saturated rings. The van der Waals surface area contributed by atoms with Gasteiger partial charge in [-0.3, -0.25) is 4.79 Å². The first kappa shape index (κ1) is 19.4. The van der Waals surface area contributed by atoms with Crippen LogP contribution in [-0.2, 0) is 5.60 Å². The Labute approximate surface area is 191 Å². The summed E-state index contributed by atoms with van der Waals surface area (Å²) in [6.45, 7) is 0. The number of hydrogen-bond donors (Lipinski definition) is 1. The van der Waals surface area contributed by atoms with Crippen LogP contribution < -0.4 is 0 Å². The molecule has 1 N–H and O–H groups in total. The van der Waals surface area contributed by atoms with Crippen molar-refractivity contribution in [1.29, 1.82) is 0 Å².